The molecule has 146 valence electrons. The molecule has 0 heterocycles. The minimum Gasteiger partial charge on any atom is -0.404 e. The highest BCUT2D eigenvalue weighted by Gasteiger charge is 2.34. The van der Waals surface area contributed by atoms with E-state index >= 15 is 0 Å². The van der Waals surface area contributed by atoms with Crippen molar-refractivity contribution >= 4 is 31.9 Å². The first-order valence-corrected chi connectivity index (χ1v) is 10.1. The van der Waals surface area contributed by atoms with Crippen molar-refractivity contribution in [3.05, 3.63) is 22.7 Å². The number of alkyl halides is 3. The van der Waals surface area contributed by atoms with Gasteiger partial charge in [-0.3, -0.25) is 4.79 Å². The highest BCUT2D eigenvalue weighted by Crippen LogP contribution is 2.33. The topological polar surface area (TPSA) is 98.5 Å². The zero-order valence-electron chi connectivity index (χ0n) is 13.6. The number of ether oxygens (including phenoxy) is 1. The molecule has 26 heavy (non-hydrogen) atoms. The lowest BCUT2D eigenvalue weighted by molar-refractivity contribution is -0.275. The molecule has 0 unspecified atom stereocenters. The Balaban J connectivity index is 2.07. The van der Waals surface area contributed by atoms with Gasteiger partial charge in [0.25, 0.3) is 0 Å². The molecule has 1 aromatic carbocycles. The van der Waals surface area contributed by atoms with Gasteiger partial charge in [-0.05, 0) is 49.8 Å². The summed E-state index contributed by atoms with van der Waals surface area (Å²) in [5.41, 5.74) is 5.25. The zero-order chi connectivity index (χ0) is 19.5. The van der Waals surface area contributed by atoms with Gasteiger partial charge in [0, 0.05) is 16.9 Å². The molecule has 0 aliphatic heterocycles. The molecule has 1 saturated carbocycles. The number of hydrogen-bond acceptors (Lipinski definition) is 4. The predicted molar refractivity (Wildman–Crippen MR) is 90.7 cm³/mol. The van der Waals surface area contributed by atoms with Crippen molar-refractivity contribution in [2.45, 2.75) is 36.9 Å². The second-order valence-electron chi connectivity index (χ2n) is 6.11. The number of primary amides is 1. The van der Waals surface area contributed by atoms with Gasteiger partial charge in [-0.2, -0.15) is 0 Å². The Morgan fingerprint density at radius 2 is 1.88 bits per heavy atom. The summed E-state index contributed by atoms with van der Waals surface area (Å²) in [4.78, 5) is 10.5. The van der Waals surface area contributed by atoms with Crippen LogP contribution in [0.15, 0.2) is 27.6 Å². The quantitative estimate of drug-likeness (QED) is 0.684. The van der Waals surface area contributed by atoms with Crippen molar-refractivity contribution in [2.75, 3.05) is 6.54 Å². The summed E-state index contributed by atoms with van der Waals surface area (Å²) in [7, 11) is -4.20. The lowest BCUT2D eigenvalue weighted by Gasteiger charge is -2.26. The zero-order valence-corrected chi connectivity index (χ0v) is 16.0. The summed E-state index contributed by atoms with van der Waals surface area (Å²) in [6.07, 6.45) is -2.64. The van der Waals surface area contributed by atoms with Gasteiger partial charge >= 0.3 is 6.36 Å². The first-order valence-electron chi connectivity index (χ1n) is 7.82. The van der Waals surface area contributed by atoms with E-state index in [1.807, 2.05) is 0 Å². The van der Waals surface area contributed by atoms with E-state index in [1.165, 1.54) is 6.07 Å². The molecule has 0 radical (unpaired) electrons. The number of benzene rings is 1. The normalized spacial score (nSPS) is 21.4. The van der Waals surface area contributed by atoms with Crippen molar-refractivity contribution in [1.82, 2.24) is 4.72 Å². The maximum atomic E-state index is 12.5. The average molecular weight is 459 g/mol. The van der Waals surface area contributed by atoms with Crippen LogP contribution in [0, 0.1) is 11.8 Å². The molecule has 0 atom stereocenters. The second kappa shape index (κ2) is 8.13. The molecular weight excluding hydrogens is 441 g/mol. The van der Waals surface area contributed by atoms with Crippen LogP contribution in [-0.2, 0) is 14.8 Å². The van der Waals surface area contributed by atoms with Crippen LogP contribution in [0.3, 0.4) is 0 Å². The molecular formula is C15H18BrF3N2O4S. The molecule has 1 amide bonds. The molecule has 1 fully saturated rings. The largest absolute Gasteiger partial charge is 0.573 e. The maximum absolute atomic E-state index is 12.5. The van der Waals surface area contributed by atoms with Gasteiger partial charge in [0.2, 0.25) is 15.9 Å². The Hall–Kier alpha value is -1.33. The van der Waals surface area contributed by atoms with Gasteiger partial charge in [-0.15, -0.1) is 13.2 Å². The van der Waals surface area contributed by atoms with Crippen LogP contribution in [0.2, 0.25) is 0 Å². The lowest BCUT2D eigenvalue weighted by Crippen LogP contribution is -2.34. The van der Waals surface area contributed by atoms with E-state index in [4.69, 9.17) is 5.73 Å². The molecule has 0 spiro atoms. The van der Waals surface area contributed by atoms with E-state index in [0.717, 1.165) is 12.1 Å². The van der Waals surface area contributed by atoms with Gasteiger partial charge in [-0.25, -0.2) is 13.1 Å². The summed E-state index contributed by atoms with van der Waals surface area (Å²) in [5.74, 6) is -1.39. The number of rotatable bonds is 6. The number of hydrogen-bond donors (Lipinski definition) is 2. The van der Waals surface area contributed by atoms with E-state index in [0.29, 0.717) is 25.7 Å². The first kappa shape index (κ1) is 21.0. The minimum atomic E-state index is -5.02. The van der Waals surface area contributed by atoms with E-state index < -0.39 is 27.0 Å². The highest BCUT2D eigenvalue weighted by atomic mass is 79.9. The Morgan fingerprint density at radius 3 is 2.42 bits per heavy atom. The predicted octanol–water partition coefficient (Wildman–Crippen LogP) is 2.92. The van der Waals surface area contributed by atoms with Crippen molar-refractivity contribution in [2.24, 2.45) is 17.6 Å². The first-order chi connectivity index (χ1) is 12.0. The Labute approximate surface area is 157 Å². The summed E-state index contributed by atoms with van der Waals surface area (Å²) in [6, 6.07) is 3.30. The highest BCUT2D eigenvalue weighted by molar-refractivity contribution is 9.10. The SMILES string of the molecule is NC(=O)C1CCC(CNS(=O)(=O)c2ccc(Br)cc2OC(F)(F)F)CC1. The van der Waals surface area contributed by atoms with Gasteiger partial charge in [0.1, 0.15) is 4.90 Å². The molecule has 0 saturated heterocycles. The van der Waals surface area contributed by atoms with Crippen LogP contribution in [0.1, 0.15) is 25.7 Å². The fourth-order valence-corrected chi connectivity index (χ4v) is 4.43. The van der Waals surface area contributed by atoms with Crippen LogP contribution in [-0.4, -0.2) is 27.2 Å². The fraction of sp³-hybridized carbons (Fsp3) is 0.533. The summed E-state index contributed by atoms with van der Waals surface area (Å²) < 4.78 is 68.8. The fourth-order valence-electron chi connectivity index (χ4n) is 2.86. The second-order valence-corrected chi connectivity index (χ2v) is 8.76. The summed E-state index contributed by atoms with van der Waals surface area (Å²) >= 11 is 2.99. The number of sulfonamides is 1. The third-order valence-electron chi connectivity index (χ3n) is 4.23. The number of halogens is 4. The van der Waals surface area contributed by atoms with Gasteiger partial charge in [-0.1, -0.05) is 15.9 Å². The standard InChI is InChI=1S/C15H18BrF3N2O4S/c16-11-5-6-13(12(7-11)25-15(17,18)19)26(23,24)21-8-9-1-3-10(4-2-9)14(20)22/h5-7,9-10,21H,1-4,8H2,(H2,20,22). The van der Waals surface area contributed by atoms with Crippen LogP contribution in [0.5, 0.6) is 5.75 Å². The third-order valence-corrected chi connectivity index (χ3v) is 6.19. The molecule has 0 aromatic heterocycles. The van der Waals surface area contributed by atoms with Crippen molar-refractivity contribution in [3.8, 4) is 5.75 Å². The van der Waals surface area contributed by atoms with E-state index in [1.54, 1.807) is 0 Å². The molecule has 0 bridgehead atoms. The molecule has 2 rings (SSSR count). The Kier molecular flexibility index (Phi) is 6.56. The average Bonchev–Trinajstić information content (AvgIpc) is 2.51. The van der Waals surface area contributed by atoms with E-state index in [9.17, 15) is 26.4 Å². The molecule has 1 aliphatic carbocycles. The van der Waals surface area contributed by atoms with Crippen LogP contribution in [0.25, 0.3) is 0 Å². The number of amides is 1. The van der Waals surface area contributed by atoms with Crippen LogP contribution < -0.4 is 15.2 Å². The Morgan fingerprint density at radius 1 is 1.27 bits per heavy atom. The lowest BCUT2D eigenvalue weighted by atomic mass is 9.82. The number of nitrogens with two attached hydrogens (primary N) is 1. The van der Waals surface area contributed by atoms with E-state index in [-0.39, 0.29) is 28.8 Å². The van der Waals surface area contributed by atoms with Crippen LogP contribution in [0.4, 0.5) is 13.2 Å². The molecule has 3 N–H and O–H groups in total. The van der Waals surface area contributed by atoms with Crippen molar-refractivity contribution in [1.29, 1.82) is 0 Å². The molecule has 1 aliphatic rings. The number of carbonyl (C=O) groups is 1. The van der Waals surface area contributed by atoms with Crippen LogP contribution >= 0.6 is 15.9 Å². The molecule has 1 aromatic rings. The smallest absolute Gasteiger partial charge is 0.404 e. The van der Waals surface area contributed by atoms with Crippen molar-refractivity contribution < 1.29 is 31.1 Å². The van der Waals surface area contributed by atoms with E-state index in [2.05, 4.69) is 25.4 Å². The summed E-state index contributed by atoms with van der Waals surface area (Å²) in [6.45, 7) is 0.0648. The van der Waals surface area contributed by atoms with Crippen molar-refractivity contribution in [3.63, 3.8) is 0 Å². The van der Waals surface area contributed by atoms with Gasteiger partial charge in [0.15, 0.2) is 5.75 Å². The minimum absolute atomic E-state index is 0.0113. The number of nitrogens with one attached hydrogen (secondary N) is 1. The third kappa shape index (κ3) is 5.85. The Bertz CT molecular complexity index is 763. The number of carbonyl (C=O) groups excluding carboxylic acids is 1. The molecule has 6 nitrogen and oxygen atoms in total. The maximum Gasteiger partial charge on any atom is 0.573 e. The molecule has 11 heteroatoms. The monoisotopic (exact) mass is 458 g/mol. The van der Waals surface area contributed by atoms with Gasteiger partial charge in [0.05, 0.1) is 0 Å². The van der Waals surface area contributed by atoms with Gasteiger partial charge < -0.3 is 10.5 Å². The summed E-state index contributed by atoms with van der Waals surface area (Å²) in [5, 5.41) is 0.